The zero-order chi connectivity index (χ0) is 14.8. The first-order chi connectivity index (χ1) is 10.1. The van der Waals surface area contributed by atoms with Crippen molar-refractivity contribution in [3.05, 3.63) is 77.0 Å². The molecule has 2 heteroatoms. The number of fused-ring (bicyclic) bond motifs is 1. The highest BCUT2D eigenvalue weighted by atomic mass is 35.5. The molecule has 2 aromatic carbocycles. The monoisotopic (exact) mass is 295 g/mol. The summed E-state index contributed by atoms with van der Waals surface area (Å²) in [4.78, 5) is 4.70. The number of rotatable bonds is 3. The van der Waals surface area contributed by atoms with Gasteiger partial charge in [-0.05, 0) is 31.5 Å². The quantitative estimate of drug-likeness (QED) is 0.592. The number of halogens is 1. The Hall–Kier alpha value is -1.86. The number of pyridine rings is 1. The Morgan fingerprint density at radius 2 is 1.67 bits per heavy atom. The molecule has 0 radical (unpaired) electrons. The van der Waals surface area contributed by atoms with Crippen LogP contribution in [-0.4, -0.2) is 4.98 Å². The first-order valence-electron chi connectivity index (χ1n) is 7.19. The van der Waals surface area contributed by atoms with Crippen LogP contribution in [0.3, 0.4) is 0 Å². The van der Waals surface area contributed by atoms with E-state index in [-0.39, 0.29) is 5.38 Å². The van der Waals surface area contributed by atoms with Gasteiger partial charge in [0.1, 0.15) is 0 Å². The fraction of sp³-hybridized carbons (Fsp3) is 0.211. The summed E-state index contributed by atoms with van der Waals surface area (Å²) in [5, 5.41) is 1.12. The van der Waals surface area contributed by atoms with Crippen LogP contribution in [0.2, 0.25) is 0 Å². The Kier molecular flexibility index (Phi) is 3.94. The minimum atomic E-state index is -0.0442. The van der Waals surface area contributed by atoms with Gasteiger partial charge in [-0.2, -0.15) is 0 Å². The van der Waals surface area contributed by atoms with E-state index in [1.165, 1.54) is 22.1 Å². The Labute approximate surface area is 130 Å². The highest BCUT2D eigenvalue weighted by Crippen LogP contribution is 2.27. The van der Waals surface area contributed by atoms with Crippen molar-refractivity contribution in [3.63, 3.8) is 0 Å². The van der Waals surface area contributed by atoms with Crippen molar-refractivity contribution in [2.75, 3.05) is 0 Å². The van der Waals surface area contributed by atoms with Gasteiger partial charge in [-0.3, -0.25) is 4.98 Å². The first kappa shape index (κ1) is 14.1. The van der Waals surface area contributed by atoms with Crippen LogP contribution in [-0.2, 0) is 6.42 Å². The average molecular weight is 296 g/mol. The van der Waals surface area contributed by atoms with Crippen molar-refractivity contribution in [2.45, 2.75) is 25.6 Å². The van der Waals surface area contributed by atoms with Crippen molar-refractivity contribution in [2.24, 2.45) is 0 Å². The third-order valence-corrected chi connectivity index (χ3v) is 4.06. The fourth-order valence-corrected chi connectivity index (χ4v) is 3.00. The predicted octanol–water partition coefficient (Wildman–Crippen LogP) is 5.37. The number of aryl methyl sites for hydroxylation is 2. The summed E-state index contributed by atoms with van der Waals surface area (Å²) in [6.07, 6.45) is 0.745. The molecule has 3 aromatic rings. The van der Waals surface area contributed by atoms with E-state index in [2.05, 4.69) is 50.2 Å². The second kappa shape index (κ2) is 5.87. The van der Waals surface area contributed by atoms with Crippen molar-refractivity contribution in [3.8, 4) is 0 Å². The predicted molar refractivity (Wildman–Crippen MR) is 90.0 cm³/mol. The van der Waals surface area contributed by atoms with E-state index in [4.69, 9.17) is 16.6 Å². The summed E-state index contributed by atoms with van der Waals surface area (Å²) >= 11 is 6.60. The molecule has 0 amide bonds. The SMILES string of the molecule is Cc1cc(C)cc(C(Cl)Cc2ccc3ccccc3n2)c1. The maximum atomic E-state index is 6.60. The summed E-state index contributed by atoms with van der Waals surface area (Å²) in [5.41, 5.74) is 5.74. The Balaban J connectivity index is 1.86. The topological polar surface area (TPSA) is 12.9 Å². The molecule has 3 rings (SSSR count). The lowest BCUT2D eigenvalue weighted by atomic mass is 10.0. The van der Waals surface area contributed by atoms with Crippen LogP contribution in [0.1, 0.15) is 27.8 Å². The summed E-state index contributed by atoms with van der Waals surface area (Å²) in [7, 11) is 0. The van der Waals surface area contributed by atoms with Gasteiger partial charge >= 0.3 is 0 Å². The molecule has 1 atom stereocenters. The van der Waals surface area contributed by atoms with Crippen LogP contribution in [0.25, 0.3) is 10.9 Å². The Bertz CT molecular complexity index is 759. The van der Waals surface area contributed by atoms with Crippen LogP contribution in [0.5, 0.6) is 0 Å². The Morgan fingerprint density at radius 3 is 2.43 bits per heavy atom. The standard InChI is InChI=1S/C19H18ClN/c1-13-9-14(2)11-16(10-13)18(20)12-17-8-7-15-5-3-4-6-19(15)21-17/h3-11,18H,12H2,1-2H3. The average Bonchev–Trinajstić information content (AvgIpc) is 2.46. The van der Waals surface area contributed by atoms with Gasteiger partial charge in [-0.15, -0.1) is 11.6 Å². The minimum absolute atomic E-state index is 0.0442. The normalized spacial score (nSPS) is 12.5. The molecule has 21 heavy (non-hydrogen) atoms. The number of hydrogen-bond acceptors (Lipinski definition) is 1. The molecule has 0 saturated heterocycles. The van der Waals surface area contributed by atoms with Gasteiger partial charge in [-0.1, -0.05) is 53.6 Å². The van der Waals surface area contributed by atoms with E-state index in [9.17, 15) is 0 Å². The molecule has 0 saturated carbocycles. The molecule has 0 aliphatic heterocycles. The highest BCUT2D eigenvalue weighted by molar-refractivity contribution is 6.20. The summed E-state index contributed by atoms with van der Waals surface area (Å²) < 4.78 is 0. The van der Waals surface area contributed by atoms with Crippen LogP contribution >= 0.6 is 11.6 Å². The van der Waals surface area contributed by atoms with E-state index in [0.29, 0.717) is 0 Å². The van der Waals surface area contributed by atoms with Crippen molar-refractivity contribution >= 4 is 22.5 Å². The van der Waals surface area contributed by atoms with Gasteiger partial charge in [0.25, 0.3) is 0 Å². The molecule has 0 aliphatic rings. The molecule has 106 valence electrons. The number of aromatic nitrogens is 1. The molecule has 1 heterocycles. The maximum Gasteiger partial charge on any atom is 0.0705 e. The van der Waals surface area contributed by atoms with Gasteiger partial charge in [0.2, 0.25) is 0 Å². The fourth-order valence-electron chi connectivity index (χ4n) is 2.71. The number of nitrogens with zero attached hydrogens (tertiary/aromatic N) is 1. The van der Waals surface area contributed by atoms with E-state index in [0.717, 1.165) is 17.6 Å². The van der Waals surface area contributed by atoms with Crippen LogP contribution in [0, 0.1) is 13.8 Å². The smallest absolute Gasteiger partial charge is 0.0705 e. The molecule has 0 bridgehead atoms. The number of alkyl halides is 1. The van der Waals surface area contributed by atoms with Crippen molar-refractivity contribution in [1.29, 1.82) is 0 Å². The lowest BCUT2D eigenvalue weighted by Crippen LogP contribution is -1.99. The zero-order valence-electron chi connectivity index (χ0n) is 12.3. The second-order valence-corrected chi connectivity index (χ2v) is 6.11. The van der Waals surface area contributed by atoms with Gasteiger partial charge in [-0.25, -0.2) is 0 Å². The number of benzene rings is 2. The minimum Gasteiger partial charge on any atom is -0.253 e. The number of hydrogen-bond donors (Lipinski definition) is 0. The molecule has 0 spiro atoms. The second-order valence-electron chi connectivity index (χ2n) is 5.59. The maximum absolute atomic E-state index is 6.60. The molecule has 1 aromatic heterocycles. The third-order valence-electron chi connectivity index (χ3n) is 3.65. The summed E-state index contributed by atoms with van der Waals surface area (Å²) in [5.74, 6) is 0. The van der Waals surface area contributed by atoms with Crippen molar-refractivity contribution < 1.29 is 0 Å². The first-order valence-corrected chi connectivity index (χ1v) is 7.62. The summed E-state index contributed by atoms with van der Waals surface area (Å²) in [6, 6.07) is 18.8. The molecule has 0 fully saturated rings. The van der Waals surface area contributed by atoms with Gasteiger partial charge in [0.05, 0.1) is 10.9 Å². The van der Waals surface area contributed by atoms with Crippen LogP contribution in [0.15, 0.2) is 54.6 Å². The lowest BCUT2D eigenvalue weighted by molar-refractivity contribution is 0.885. The van der Waals surface area contributed by atoms with Crippen molar-refractivity contribution in [1.82, 2.24) is 4.98 Å². The van der Waals surface area contributed by atoms with Crippen LogP contribution in [0.4, 0.5) is 0 Å². The molecule has 1 nitrogen and oxygen atoms in total. The van der Waals surface area contributed by atoms with Gasteiger partial charge < -0.3 is 0 Å². The molecular formula is C19H18ClN. The summed E-state index contributed by atoms with van der Waals surface area (Å²) in [6.45, 7) is 4.21. The zero-order valence-corrected chi connectivity index (χ0v) is 13.1. The van der Waals surface area contributed by atoms with E-state index < -0.39 is 0 Å². The van der Waals surface area contributed by atoms with E-state index in [1.807, 2.05) is 18.2 Å². The molecule has 1 unspecified atom stereocenters. The number of para-hydroxylation sites is 1. The Morgan fingerprint density at radius 1 is 0.952 bits per heavy atom. The molecule has 0 N–H and O–H groups in total. The highest BCUT2D eigenvalue weighted by Gasteiger charge is 2.11. The lowest BCUT2D eigenvalue weighted by Gasteiger charge is -2.12. The molecule has 0 aliphatic carbocycles. The van der Waals surface area contributed by atoms with Gasteiger partial charge in [0, 0.05) is 17.5 Å². The molecular weight excluding hydrogens is 278 g/mol. The van der Waals surface area contributed by atoms with E-state index in [1.54, 1.807) is 0 Å². The van der Waals surface area contributed by atoms with E-state index >= 15 is 0 Å². The van der Waals surface area contributed by atoms with Gasteiger partial charge in [0.15, 0.2) is 0 Å². The van der Waals surface area contributed by atoms with Crippen LogP contribution < -0.4 is 0 Å². The third kappa shape index (κ3) is 3.25. The largest absolute Gasteiger partial charge is 0.253 e.